The van der Waals surface area contributed by atoms with Gasteiger partial charge in [0.2, 0.25) is 6.10 Å². The second-order valence-electron chi connectivity index (χ2n) is 8.58. The molecule has 1 heterocycles. The van der Waals surface area contributed by atoms with E-state index in [0.29, 0.717) is 22.2 Å². The van der Waals surface area contributed by atoms with Gasteiger partial charge in [0.15, 0.2) is 0 Å². The molecule has 36 heavy (non-hydrogen) atoms. The number of anilines is 1. The van der Waals surface area contributed by atoms with E-state index in [1.165, 1.54) is 4.57 Å². The van der Waals surface area contributed by atoms with Gasteiger partial charge < -0.3 is 10.1 Å². The van der Waals surface area contributed by atoms with Crippen molar-refractivity contribution >= 4 is 28.5 Å². The summed E-state index contributed by atoms with van der Waals surface area (Å²) in [5.74, 6) is -1.30. The molecule has 0 aliphatic rings. The summed E-state index contributed by atoms with van der Waals surface area (Å²) < 4.78 is 7.91. The maximum atomic E-state index is 13.2. The lowest BCUT2D eigenvalue weighted by Gasteiger charge is -2.19. The Morgan fingerprint density at radius 3 is 2.19 bits per heavy atom. The highest BCUT2D eigenvalue weighted by molar-refractivity contribution is 5.96. The van der Waals surface area contributed by atoms with Crippen LogP contribution in [0.2, 0.25) is 0 Å². The molecule has 0 radical (unpaired) electrons. The van der Waals surface area contributed by atoms with Crippen molar-refractivity contribution < 1.29 is 14.3 Å². The van der Waals surface area contributed by atoms with E-state index in [-0.39, 0.29) is 6.54 Å². The second kappa shape index (κ2) is 10.4. The van der Waals surface area contributed by atoms with Gasteiger partial charge in [-0.2, -0.15) is 0 Å². The Morgan fingerprint density at radius 1 is 0.889 bits per heavy atom. The van der Waals surface area contributed by atoms with E-state index in [1.807, 2.05) is 32.0 Å². The molecule has 0 fully saturated rings. The third kappa shape index (κ3) is 5.12. The molecule has 8 nitrogen and oxygen atoms in total. The Labute approximate surface area is 207 Å². The van der Waals surface area contributed by atoms with E-state index in [1.54, 1.807) is 61.5 Å². The molecule has 0 spiro atoms. The lowest BCUT2D eigenvalue weighted by Crippen LogP contribution is -2.41. The Bertz CT molecular complexity index is 1530. The van der Waals surface area contributed by atoms with Crippen molar-refractivity contribution in [1.29, 1.82) is 0 Å². The molecule has 184 valence electrons. The second-order valence-corrected chi connectivity index (χ2v) is 8.58. The molecule has 4 rings (SSSR count). The molecule has 0 aliphatic heterocycles. The Balaban J connectivity index is 1.66. The Hall–Kier alpha value is -4.46. The van der Waals surface area contributed by atoms with E-state index >= 15 is 0 Å². The summed E-state index contributed by atoms with van der Waals surface area (Å²) in [6.45, 7) is 5.23. The number of aromatic nitrogens is 2. The fourth-order valence-electron chi connectivity index (χ4n) is 4.26. The van der Waals surface area contributed by atoms with E-state index < -0.39 is 35.8 Å². The minimum Gasteiger partial charge on any atom is -0.446 e. The number of benzene rings is 3. The predicted molar refractivity (Wildman–Crippen MR) is 138 cm³/mol. The van der Waals surface area contributed by atoms with E-state index in [2.05, 4.69) is 5.32 Å². The molecular formula is C28H27N3O5. The molecule has 3 aromatic carbocycles. The molecule has 1 N–H and O–H groups in total. The zero-order valence-electron chi connectivity index (χ0n) is 20.4. The summed E-state index contributed by atoms with van der Waals surface area (Å²) in [4.78, 5) is 52.0. The average Bonchev–Trinajstić information content (AvgIpc) is 2.85. The number of ether oxygens (including phenoxy) is 1. The maximum absolute atomic E-state index is 13.2. The monoisotopic (exact) mass is 485 g/mol. The molecule has 4 aromatic rings. The van der Waals surface area contributed by atoms with Crippen molar-refractivity contribution in [1.82, 2.24) is 9.13 Å². The first kappa shape index (κ1) is 24.7. The molecule has 1 atom stereocenters. The molecule has 8 heteroatoms. The molecule has 0 aliphatic carbocycles. The molecule has 0 saturated carbocycles. The van der Waals surface area contributed by atoms with Crippen molar-refractivity contribution in [3.63, 3.8) is 0 Å². The van der Waals surface area contributed by atoms with Gasteiger partial charge in [-0.25, -0.2) is 4.79 Å². The summed E-state index contributed by atoms with van der Waals surface area (Å²) >= 11 is 0. The Morgan fingerprint density at radius 2 is 1.53 bits per heavy atom. The SMILES string of the molecule is CCn1c(=O)c2ccccc2n(CC(=O)OC(C(=O)Nc2cc(C)cc(C)c2)c2ccccc2)c1=O. The van der Waals surface area contributed by atoms with E-state index in [0.717, 1.165) is 15.7 Å². The molecular weight excluding hydrogens is 458 g/mol. The van der Waals surface area contributed by atoms with Gasteiger partial charge in [0.05, 0.1) is 10.9 Å². The highest BCUT2D eigenvalue weighted by Crippen LogP contribution is 2.22. The van der Waals surface area contributed by atoms with Gasteiger partial charge in [-0.3, -0.25) is 23.5 Å². The summed E-state index contributed by atoms with van der Waals surface area (Å²) in [6, 6.07) is 20.9. The zero-order valence-corrected chi connectivity index (χ0v) is 20.4. The van der Waals surface area contributed by atoms with Crippen LogP contribution in [-0.2, 0) is 27.4 Å². The number of esters is 1. The van der Waals surface area contributed by atoms with Gasteiger partial charge in [0, 0.05) is 17.8 Å². The van der Waals surface area contributed by atoms with Crippen molar-refractivity contribution in [2.45, 2.75) is 40.0 Å². The number of amides is 1. The third-order valence-corrected chi connectivity index (χ3v) is 5.81. The number of nitrogens with zero attached hydrogens (tertiary/aromatic N) is 2. The van der Waals surface area contributed by atoms with Crippen LogP contribution < -0.4 is 16.6 Å². The van der Waals surface area contributed by atoms with Crippen LogP contribution in [0, 0.1) is 13.8 Å². The fourth-order valence-corrected chi connectivity index (χ4v) is 4.26. The maximum Gasteiger partial charge on any atom is 0.332 e. The fraction of sp³-hybridized carbons (Fsp3) is 0.214. The zero-order chi connectivity index (χ0) is 25.8. The number of hydrogen-bond donors (Lipinski definition) is 1. The number of fused-ring (bicyclic) bond motifs is 1. The molecule has 0 saturated heterocycles. The van der Waals surface area contributed by atoms with Crippen molar-refractivity contribution in [3.8, 4) is 0 Å². The summed E-state index contributed by atoms with van der Waals surface area (Å²) in [7, 11) is 0. The van der Waals surface area contributed by atoms with Crippen LogP contribution in [0.15, 0.2) is 82.4 Å². The minimum atomic E-state index is -1.24. The summed E-state index contributed by atoms with van der Waals surface area (Å²) in [5, 5.41) is 3.15. The van der Waals surface area contributed by atoms with E-state index in [4.69, 9.17) is 4.74 Å². The van der Waals surface area contributed by atoms with Crippen LogP contribution in [0.3, 0.4) is 0 Å². The van der Waals surface area contributed by atoms with Gasteiger partial charge in [-0.1, -0.05) is 48.5 Å². The van der Waals surface area contributed by atoms with Crippen LogP contribution in [0.1, 0.15) is 29.7 Å². The Kier molecular flexibility index (Phi) is 7.15. The normalized spacial score (nSPS) is 11.8. The number of carbonyl (C=O) groups is 2. The molecule has 1 aromatic heterocycles. The van der Waals surface area contributed by atoms with Crippen LogP contribution in [0.4, 0.5) is 5.69 Å². The van der Waals surface area contributed by atoms with Crippen LogP contribution >= 0.6 is 0 Å². The molecule has 1 amide bonds. The van der Waals surface area contributed by atoms with Gasteiger partial charge in [0.1, 0.15) is 6.54 Å². The summed E-state index contributed by atoms with van der Waals surface area (Å²) in [5.41, 5.74) is 2.33. The number of hydrogen-bond acceptors (Lipinski definition) is 5. The topological polar surface area (TPSA) is 99.4 Å². The quantitative estimate of drug-likeness (QED) is 0.402. The van der Waals surface area contributed by atoms with Gasteiger partial charge in [-0.15, -0.1) is 0 Å². The van der Waals surface area contributed by atoms with Crippen molar-refractivity contribution in [2.24, 2.45) is 0 Å². The smallest absolute Gasteiger partial charge is 0.332 e. The first-order chi connectivity index (χ1) is 17.3. The van der Waals surface area contributed by atoms with Crippen molar-refractivity contribution in [3.05, 3.63) is 110 Å². The predicted octanol–water partition coefficient (Wildman–Crippen LogP) is 3.72. The van der Waals surface area contributed by atoms with Crippen LogP contribution in [-0.4, -0.2) is 21.0 Å². The largest absolute Gasteiger partial charge is 0.446 e. The summed E-state index contributed by atoms with van der Waals surface area (Å²) in [6.07, 6.45) is -1.24. The lowest BCUT2D eigenvalue weighted by molar-refractivity contribution is -0.155. The highest BCUT2D eigenvalue weighted by Gasteiger charge is 2.26. The van der Waals surface area contributed by atoms with Crippen molar-refractivity contribution in [2.75, 3.05) is 5.32 Å². The minimum absolute atomic E-state index is 0.155. The van der Waals surface area contributed by atoms with Gasteiger partial charge in [0.25, 0.3) is 11.5 Å². The lowest BCUT2D eigenvalue weighted by atomic mass is 10.1. The number of rotatable bonds is 7. The highest BCUT2D eigenvalue weighted by atomic mass is 16.5. The van der Waals surface area contributed by atoms with Gasteiger partial charge in [-0.05, 0) is 56.2 Å². The van der Waals surface area contributed by atoms with E-state index in [9.17, 15) is 19.2 Å². The number of para-hydroxylation sites is 1. The van der Waals surface area contributed by atoms with Crippen LogP contribution in [0.25, 0.3) is 10.9 Å². The molecule has 0 bridgehead atoms. The number of carbonyl (C=O) groups excluding carboxylic acids is 2. The standard InChI is InChI=1S/C28H27N3O5/c1-4-30-27(34)22-12-8-9-13-23(22)31(28(30)35)17-24(32)36-25(20-10-6-5-7-11-20)26(33)29-21-15-18(2)14-19(3)16-21/h5-16,25H,4,17H2,1-3H3,(H,29,33). The third-order valence-electron chi connectivity index (χ3n) is 5.81. The first-order valence-electron chi connectivity index (χ1n) is 11.6. The number of nitrogens with one attached hydrogen (secondary N) is 1. The van der Waals surface area contributed by atoms with Gasteiger partial charge >= 0.3 is 11.7 Å². The van der Waals surface area contributed by atoms with Crippen LogP contribution in [0.5, 0.6) is 0 Å². The molecule has 1 unspecified atom stereocenters. The average molecular weight is 486 g/mol. The first-order valence-corrected chi connectivity index (χ1v) is 11.6. The number of aryl methyl sites for hydroxylation is 2.